The van der Waals surface area contributed by atoms with Crippen molar-refractivity contribution in [2.24, 2.45) is 5.73 Å². The maximum Gasteiger partial charge on any atom is 0.224 e. The van der Waals surface area contributed by atoms with E-state index in [0.29, 0.717) is 19.4 Å². The van der Waals surface area contributed by atoms with Crippen molar-refractivity contribution in [2.45, 2.75) is 39.7 Å². The third kappa shape index (κ3) is 7.43. The normalized spacial score (nSPS) is 12.2. The number of carbonyl (C=O) groups is 1. The molecular weight excluding hydrogens is 278 g/mol. The first-order valence-corrected chi connectivity index (χ1v) is 8.05. The third-order valence-corrected chi connectivity index (χ3v) is 3.54. The van der Waals surface area contributed by atoms with Gasteiger partial charge in [-0.05, 0) is 50.7 Å². The Morgan fingerprint density at radius 3 is 2.45 bits per heavy atom. The first-order valence-electron chi connectivity index (χ1n) is 8.05. The van der Waals surface area contributed by atoms with Crippen LogP contribution in [0.4, 0.5) is 5.69 Å². The van der Waals surface area contributed by atoms with Crippen molar-refractivity contribution in [1.29, 1.82) is 0 Å². The van der Waals surface area contributed by atoms with E-state index in [9.17, 15) is 4.79 Å². The zero-order chi connectivity index (χ0) is 16.4. The highest BCUT2D eigenvalue weighted by molar-refractivity contribution is 5.90. The van der Waals surface area contributed by atoms with Gasteiger partial charge in [0.1, 0.15) is 12.4 Å². The summed E-state index contributed by atoms with van der Waals surface area (Å²) in [6, 6.07) is 7.52. The Morgan fingerprint density at radius 1 is 1.27 bits per heavy atom. The smallest absolute Gasteiger partial charge is 0.224 e. The van der Waals surface area contributed by atoms with Gasteiger partial charge in [0.25, 0.3) is 0 Å². The Hall–Kier alpha value is -1.59. The molecule has 5 heteroatoms. The van der Waals surface area contributed by atoms with Gasteiger partial charge in [0.15, 0.2) is 0 Å². The van der Waals surface area contributed by atoms with Gasteiger partial charge < -0.3 is 20.7 Å². The Bertz CT molecular complexity index is 428. The number of hydrogen-bond donors (Lipinski definition) is 2. The summed E-state index contributed by atoms with van der Waals surface area (Å²) in [6.45, 7) is 9.85. The largest absolute Gasteiger partial charge is 0.492 e. The maximum absolute atomic E-state index is 11.7. The van der Waals surface area contributed by atoms with Crippen molar-refractivity contribution in [3.05, 3.63) is 24.3 Å². The second-order valence-corrected chi connectivity index (χ2v) is 5.46. The molecule has 0 aliphatic carbocycles. The van der Waals surface area contributed by atoms with Gasteiger partial charge in [-0.1, -0.05) is 13.8 Å². The van der Waals surface area contributed by atoms with Crippen LogP contribution in [0, 0.1) is 0 Å². The molecule has 22 heavy (non-hydrogen) atoms. The molecule has 5 nitrogen and oxygen atoms in total. The Balaban J connectivity index is 2.35. The second-order valence-electron chi connectivity index (χ2n) is 5.46. The van der Waals surface area contributed by atoms with Crippen LogP contribution in [0.3, 0.4) is 0 Å². The SMILES string of the molecule is CCN(CC)CCOc1ccc(NC(=O)CCC(C)N)cc1. The molecule has 1 aromatic carbocycles. The van der Waals surface area contributed by atoms with Crippen molar-refractivity contribution in [2.75, 3.05) is 31.6 Å². The summed E-state index contributed by atoms with van der Waals surface area (Å²) in [6.07, 6.45) is 1.14. The molecule has 0 aliphatic rings. The lowest BCUT2D eigenvalue weighted by Crippen LogP contribution is -2.27. The fourth-order valence-electron chi connectivity index (χ4n) is 2.05. The van der Waals surface area contributed by atoms with Crippen LogP contribution < -0.4 is 15.8 Å². The molecule has 124 valence electrons. The first kappa shape index (κ1) is 18.5. The molecule has 0 fully saturated rings. The lowest BCUT2D eigenvalue weighted by atomic mass is 10.2. The topological polar surface area (TPSA) is 67.6 Å². The summed E-state index contributed by atoms with van der Waals surface area (Å²) in [5.74, 6) is 0.813. The number of carbonyl (C=O) groups excluding carboxylic acids is 1. The minimum Gasteiger partial charge on any atom is -0.492 e. The van der Waals surface area contributed by atoms with Crippen LogP contribution in [-0.2, 0) is 4.79 Å². The average molecular weight is 307 g/mol. The molecule has 0 aliphatic heterocycles. The Kier molecular flexibility index (Phi) is 8.55. The van der Waals surface area contributed by atoms with Crippen LogP contribution >= 0.6 is 0 Å². The van der Waals surface area contributed by atoms with Gasteiger partial charge in [-0.3, -0.25) is 4.79 Å². The van der Waals surface area contributed by atoms with E-state index in [-0.39, 0.29) is 11.9 Å². The van der Waals surface area contributed by atoms with E-state index in [1.807, 2.05) is 31.2 Å². The average Bonchev–Trinajstić information content (AvgIpc) is 2.51. The number of likely N-dealkylation sites (N-methyl/N-ethyl adjacent to an activating group) is 1. The van der Waals surface area contributed by atoms with Gasteiger partial charge in [0.05, 0.1) is 0 Å². The lowest BCUT2D eigenvalue weighted by molar-refractivity contribution is -0.116. The molecule has 0 heterocycles. The molecular formula is C17H29N3O2. The van der Waals surface area contributed by atoms with E-state index >= 15 is 0 Å². The number of rotatable bonds is 10. The van der Waals surface area contributed by atoms with Crippen molar-refractivity contribution < 1.29 is 9.53 Å². The molecule has 1 atom stereocenters. The molecule has 1 unspecified atom stereocenters. The monoisotopic (exact) mass is 307 g/mol. The third-order valence-electron chi connectivity index (χ3n) is 3.54. The number of nitrogens with one attached hydrogen (secondary N) is 1. The number of anilines is 1. The van der Waals surface area contributed by atoms with E-state index in [1.54, 1.807) is 0 Å². The van der Waals surface area contributed by atoms with Crippen LogP contribution in [0.15, 0.2) is 24.3 Å². The summed E-state index contributed by atoms with van der Waals surface area (Å²) < 4.78 is 5.71. The number of nitrogens with two attached hydrogens (primary N) is 1. The maximum atomic E-state index is 11.7. The second kappa shape index (κ2) is 10.2. The van der Waals surface area contributed by atoms with E-state index < -0.39 is 0 Å². The van der Waals surface area contributed by atoms with Crippen LogP contribution in [0.5, 0.6) is 5.75 Å². The molecule has 0 saturated heterocycles. The van der Waals surface area contributed by atoms with Crippen molar-refractivity contribution in [3.8, 4) is 5.75 Å². The Morgan fingerprint density at radius 2 is 1.91 bits per heavy atom. The fourth-order valence-corrected chi connectivity index (χ4v) is 2.05. The highest BCUT2D eigenvalue weighted by atomic mass is 16.5. The van der Waals surface area contributed by atoms with E-state index in [1.165, 1.54) is 0 Å². The van der Waals surface area contributed by atoms with Gasteiger partial charge in [0.2, 0.25) is 5.91 Å². The van der Waals surface area contributed by atoms with Crippen molar-refractivity contribution in [3.63, 3.8) is 0 Å². The summed E-state index contributed by atoms with van der Waals surface area (Å²) >= 11 is 0. The van der Waals surface area contributed by atoms with E-state index in [4.69, 9.17) is 10.5 Å². The van der Waals surface area contributed by atoms with Crippen LogP contribution in [0.2, 0.25) is 0 Å². The molecule has 0 saturated carbocycles. The molecule has 1 amide bonds. The van der Waals surface area contributed by atoms with Crippen LogP contribution in [0.25, 0.3) is 0 Å². The summed E-state index contributed by atoms with van der Waals surface area (Å²) in [7, 11) is 0. The lowest BCUT2D eigenvalue weighted by Gasteiger charge is -2.18. The molecule has 1 aromatic rings. The van der Waals surface area contributed by atoms with Gasteiger partial charge in [-0.15, -0.1) is 0 Å². The molecule has 3 N–H and O–H groups in total. The van der Waals surface area contributed by atoms with E-state index in [2.05, 4.69) is 24.1 Å². The van der Waals surface area contributed by atoms with Gasteiger partial charge in [0, 0.05) is 24.7 Å². The van der Waals surface area contributed by atoms with E-state index in [0.717, 1.165) is 31.1 Å². The number of benzene rings is 1. The van der Waals surface area contributed by atoms with Crippen LogP contribution in [0.1, 0.15) is 33.6 Å². The predicted octanol–water partition coefficient (Wildman–Crippen LogP) is 2.47. The predicted molar refractivity (Wildman–Crippen MR) is 91.2 cm³/mol. The standard InChI is InChI=1S/C17H29N3O2/c1-4-20(5-2)12-13-22-16-9-7-15(8-10-16)19-17(21)11-6-14(3)18/h7-10,14H,4-6,11-13,18H2,1-3H3,(H,19,21). The van der Waals surface area contributed by atoms with Crippen molar-refractivity contribution >= 4 is 11.6 Å². The quantitative estimate of drug-likeness (QED) is 0.697. The number of nitrogens with zero attached hydrogens (tertiary/aromatic N) is 1. The van der Waals surface area contributed by atoms with Gasteiger partial charge >= 0.3 is 0 Å². The summed E-state index contributed by atoms with van der Waals surface area (Å²) in [5, 5.41) is 2.86. The molecule has 0 aromatic heterocycles. The molecule has 0 radical (unpaired) electrons. The van der Waals surface area contributed by atoms with Gasteiger partial charge in [-0.2, -0.15) is 0 Å². The zero-order valence-electron chi connectivity index (χ0n) is 14.0. The number of hydrogen-bond acceptors (Lipinski definition) is 4. The molecule has 0 bridgehead atoms. The highest BCUT2D eigenvalue weighted by Crippen LogP contribution is 2.16. The zero-order valence-corrected chi connectivity index (χ0v) is 14.0. The number of ether oxygens (including phenoxy) is 1. The first-order chi connectivity index (χ1) is 10.5. The Labute approximate surface area is 133 Å². The van der Waals surface area contributed by atoms with Crippen molar-refractivity contribution in [1.82, 2.24) is 4.90 Å². The molecule has 0 spiro atoms. The summed E-state index contributed by atoms with van der Waals surface area (Å²) in [4.78, 5) is 14.0. The van der Waals surface area contributed by atoms with Crippen LogP contribution in [-0.4, -0.2) is 43.1 Å². The minimum absolute atomic E-state index is 0.00694. The minimum atomic E-state index is -0.00694. The number of amides is 1. The fraction of sp³-hybridized carbons (Fsp3) is 0.588. The molecule has 1 rings (SSSR count). The van der Waals surface area contributed by atoms with Gasteiger partial charge in [-0.25, -0.2) is 0 Å². The summed E-state index contributed by atoms with van der Waals surface area (Å²) in [5.41, 5.74) is 6.42. The highest BCUT2D eigenvalue weighted by Gasteiger charge is 2.05.